The van der Waals surface area contributed by atoms with Gasteiger partial charge in [0.1, 0.15) is 5.82 Å². The molecular formula is C18H15F3N3O2S-. The maximum Gasteiger partial charge on any atom is 0.434 e. The minimum absolute atomic E-state index is 0.131. The van der Waals surface area contributed by atoms with Crippen molar-refractivity contribution in [1.82, 2.24) is 9.55 Å². The standard InChI is InChI=1S/C18H16F3N3O2S/c19-18(20,21)16-10-24(15-7-3-13(4-8-15)11-27(25)26)17(23-16)14-5-1-12(9-22)2-6-14/h1-8,10H,9,11,22H2,(H,25,26)/p-1. The van der Waals surface area contributed by atoms with E-state index in [9.17, 15) is 21.9 Å². The zero-order valence-corrected chi connectivity index (χ0v) is 14.8. The van der Waals surface area contributed by atoms with E-state index in [-0.39, 0.29) is 11.6 Å². The van der Waals surface area contributed by atoms with Crippen molar-refractivity contribution in [2.45, 2.75) is 18.5 Å². The van der Waals surface area contributed by atoms with Crippen LogP contribution in [0.3, 0.4) is 0 Å². The average Bonchev–Trinajstić information content (AvgIpc) is 3.08. The van der Waals surface area contributed by atoms with Crippen LogP contribution in [0.5, 0.6) is 0 Å². The lowest BCUT2D eigenvalue weighted by atomic mass is 10.1. The van der Waals surface area contributed by atoms with Gasteiger partial charge in [0.25, 0.3) is 0 Å². The monoisotopic (exact) mass is 394 g/mol. The molecule has 2 N–H and O–H groups in total. The number of nitrogens with zero attached hydrogens (tertiary/aromatic N) is 2. The van der Waals surface area contributed by atoms with Crippen LogP contribution in [0.4, 0.5) is 13.2 Å². The second-order valence-electron chi connectivity index (χ2n) is 5.83. The lowest BCUT2D eigenvalue weighted by Gasteiger charge is -2.10. The van der Waals surface area contributed by atoms with Gasteiger partial charge in [-0.2, -0.15) is 13.2 Å². The molecule has 0 fully saturated rings. The summed E-state index contributed by atoms with van der Waals surface area (Å²) in [4.78, 5) is 3.76. The zero-order chi connectivity index (χ0) is 19.6. The Morgan fingerprint density at radius 1 is 1.04 bits per heavy atom. The van der Waals surface area contributed by atoms with Gasteiger partial charge in [-0.25, -0.2) is 4.98 Å². The van der Waals surface area contributed by atoms with Crippen LogP contribution in [-0.2, 0) is 29.6 Å². The summed E-state index contributed by atoms with van der Waals surface area (Å²) in [6, 6.07) is 13.0. The molecule has 0 saturated heterocycles. The van der Waals surface area contributed by atoms with Crippen LogP contribution in [0.25, 0.3) is 17.1 Å². The molecule has 2 aromatic carbocycles. The second kappa shape index (κ2) is 7.63. The van der Waals surface area contributed by atoms with E-state index < -0.39 is 23.0 Å². The summed E-state index contributed by atoms with van der Waals surface area (Å²) in [6.45, 7) is 0.324. The van der Waals surface area contributed by atoms with E-state index in [4.69, 9.17) is 5.73 Å². The highest BCUT2D eigenvalue weighted by Gasteiger charge is 2.35. The zero-order valence-electron chi connectivity index (χ0n) is 13.9. The molecule has 1 heterocycles. The molecule has 0 radical (unpaired) electrons. The molecule has 0 aliphatic rings. The van der Waals surface area contributed by atoms with E-state index in [0.717, 1.165) is 11.8 Å². The Morgan fingerprint density at radius 2 is 1.63 bits per heavy atom. The van der Waals surface area contributed by atoms with Crippen molar-refractivity contribution < 1.29 is 21.9 Å². The van der Waals surface area contributed by atoms with Crippen molar-refractivity contribution in [2.24, 2.45) is 5.73 Å². The molecule has 9 heteroatoms. The Balaban J connectivity index is 2.07. The van der Waals surface area contributed by atoms with Crippen molar-refractivity contribution in [3.05, 3.63) is 71.5 Å². The van der Waals surface area contributed by atoms with Gasteiger partial charge in [-0.15, -0.1) is 0 Å². The van der Waals surface area contributed by atoms with E-state index in [0.29, 0.717) is 23.4 Å². The Morgan fingerprint density at radius 3 is 2.15 bits per heavy atom. The summed E-state index contributed by atoms with van der Waals surface area (Å²) in [5, 5.41) is 0. The first-order valence-corrected chi connectivity index (χ1v) is 9.13. The highest BCUT2D eigenvalue weighted by atomic mass is 32.2. The summed E-state index contributed by atoms with van der Waals surface area (Å²) in [5.41, 5.74) is 6.88. The summed E-state index contributed by atoms with van der Waals surface area (Å²) in [7, 11) is 0. The summed E-state index contributed by atoms with van der Waals surface area (Å²) < 4.78 is 62.4. The molecule has 0 aliphatic heterocycles. The molecule has 1 unspecified atom stereocenters. The fraction of sp³-hybridized carbons (Fsp3) is 0.167. The number of hydrogen-bond acceptors (Lipinski definition) is 4. The van der Waals surface area contributed by atoms with Gasteiger partial charge in [0.2, 0.25) is 0 Å². The average molecular weight is 394 g/mol. The first kappa shape index (κ1) is 19.3. The van der Waals surface area contributed by atoms with Crippen LogP contribution in [-0.4, -0.2) is 18.3 Å². The predicted molar refractivity (Wildman–Crippen MR) is 94.5 cm³/mol. The van der Waals surface area contributed by atoms with E-state index in [1.54, 1.807) is 48.5 Å². The van der Waals surface area contributed by atoms with Gasteiger partial charge in [0.05, 0.1) is 0 Å². The van der Waals surface area contributed by atoms with Gasteiger partial charge in [-0.1, -0.05) is 47.5 Å². The van der Waals surface area contributed by atoms with Crippen LogP contribution < -0.4 is 5.73 Å². The van der Waals surface area contributed by atoms with Gasteiger partial charge < -0.3 is 10.3 Å². The van der Waals surface area contributed by atoms with Crippen LogP contribution in [0.15, 0.2) is 54.7 Å². The molecule has 1 aromatic heterocycles. The first-order valence-electron chi connectivity index (χ1n) is 7.89. The van der Waals surface area contributed by atoms with Crippen LogP contribution >= 0.6 is 0 Å². The lowest BCUT2D eigenvalue weighted by molar-refractivity contribution is -0.140. The summed E-state index contributed by atoms with van der Waals surface area (Å²) >= 11 is -2.24. The van der Waals surface area contributed by atoms with E-state index in [2.05, 4.69) is 4.98 Å². The van der Waals surface area contributed by atoms with Crippen molar-refractivity contribution in [1.29, 1.82) is 0 Å². The molecule has 3 rings (SSSR count). The number of hydrogen-bond donors (Lipinski definition) is 1. The number of aromatic nitrogens is 2. The van der Waals surface area contributed by atoms with Gasteiger partial charge in [0, 0.05) is 29.7 Å². The minimum Gasteiger partial charge on any atom is -0.772 e. The van der Waals surface area contributed by atoms with Crippen molar-refractivity contribution in [2.75, 3.05) is 0 Å². The van der Waals surface area contributed by atoms with Crippen LogP contribution in [0.1, 0.15) is 16.8 Å². The van der Waals surface area contributed by atoms with Crippen molar-refractivity contribution in [3.63, 3.8) is 0 Å². The third-order valence-corrected chi connectivity index (χ3v) is 4.51. The molecule has 27 heavy (non-hydrogen) atoms. The number of benzene rings is 2. The number of alkyl halides is 3. The molecule has 142 valence electrons. The maximum atomic E-state index is 13.2. The molecule has 0 aliphatic carbocycles. The molecule has 0 spiro atoms. The second-order valence-corrected chi connectivity index (χ2v) is 6.73. The molecular weight excluding hydrogens is 379 g/mol. The highest BCUT2D eigenvalue weighted by Crippen LogP contribution is 2.32. The molecule has 0 saturated carbocycles. The number of nitrogens with two attached hydrogens (primary N) is 1. The number of halogens is 3. The smallest absolute Gasteiger partial charge is 0.434 e. The first-order chi connectivity index (χ1) is 12.8. The van der Waals surface area contributed by atoms with Gasteiger partial charge in [-0.3, -0.25) is 8.78 Å². The fourth-order valence-electron chi connectivity index (χ4n) is 2.60. The summed E-state index contributed by atoms with van der Waals surface area (Å²) in [5.74, 6) is -0.0307. The Bertz CT molecular complexity index is 951. The van der Waals surface area contributed by atoms with Crippen molar-refractivity contribution >= 4 is 11.1 Å². The Labute approximate surface area is 155 Å². The Hall–Kier alpha value is -2.49. The van der Waals surface area contributed by atoms with Crippen LogP contribution in [0, 0.1) is 0 Å². The number of imidazole rings is 1. The molecule has 0 bridgehead atoms. The largest absolute Gasteiger partial charge is 0.772 e. The quantitative estimate of drug-likeness (QED) is 0.673. The minimum atomic E-state index is -4.59. The third-order valence-electron chi connectivity index (χ3n) is 3.94. The van der Waals surface area contributed by atoms with E-state index in [1.807, 2.05) is 0 Å². The maximum absolute atomic E-state index is 13.2. The Kier molecular flexibility index (Phi) is 5.45. The van der Waals surface area contributed by atoms with Crippen molar-refractivity contribution in [3.8, 4) is 17.1 Å². The van der Waals surface area contributed by atoms with Crippen LogP contribution in [0.2, 0.25) is 0 Å². The topological polar surface area (TPSA) is 84.0 Å². The summed E-state index contributed by atoms with van der Waals surface area (Å²) in [6.07, 6.45) is -3.66. The third kappa shape index (κ3) is 4.44. The predicted octanol–water partition coefficient (Wildman–Crippen LogP) is 3.40. The molecule has 5 nitrogen and oxygen atoms in total. The molecule has 0 amide bonds. The van der Waals surface area contributed by atoms with E-state index in [1.165, 1.54) is 4.57 Å². The number of rotatable bonds is 5. The van der Waals surface area contributed by atoms with Gasteiger partial charge in [0.15, 0.2) is 5.69 Å². The van der Waals surface area contributed by atoms with Gasteiger partial charge >= 0.3 is 6.18 Å². The molecule has 1 atom stereocenters. The van der Waals surface area contributed by atoms with E-state index >= 15 is 0 Å². The normalized spacial score (nSPS) is 12.9. The lowest BCUT2D eigenvalue weighted by Crippen LogP contribution is -2.05. The SMILES string of the molecule is NCc1ccc(-c2nc(C(F)(F)F)cn2-c2ccc(CS(=O)[O-])cc2)cc1. The molecule has 3 aromatic rings. The highest BCUT2D eigenvalue weighted by molar-refractivity contribution is 7.78. The fourth-order valence-corrected chi connectivity index (χ4v) is 3.06. The van der Waals surface area contributed by atoms with Gasteiger partial charge in [-0.05, 0) is 23.3 Å².